The van der Waals surface area contributed by atoms with E-state index in [4.69, 9.17) is 4.74 Å². The van der Waals surface area contributed by atoms with E-state index < -0.39 is 0 Å². The minimum atomic E-state index is -0.250. The molecule has 0 unspecified atom stereocenters. The lowest BCUT2D eigenvalue weighted by Crippen LogP contribution is -2.42. The van der Waals surface area contributed by atoms with Gasteiger partial charge in [-0.3, -0.25) is 9.69 Å². The SMILES string of the molecule is CNC(=O)[C@H]1C[C@@H]2CCN(Cc3scnc3C)C[C@@H]2O1. The summed E-state index contributed by atoms with van der Waals surface area (Å²) in [6.45, 7) is 5.03. The van der Waals surface area contributed by atoms with Gasteiger partial charge in [-0.25, -0.2) is 4.98 Å². The van der Waals surface area contributed by atoms with E-state index in [0.29, 0.717) is 5.92 Å². The minimum Gasteiger partial charge on any atom is -0.364 e. The van der Waals surface area contributed by atoms with Gasteiger partial charge in [0.05, 0.1) is 17.3 Å². The van der Waals surface area contributed by atoms with Gasteiger partial charge in [0, 0.05) is 25.0 Å². The number of piperidine rings is 1. The maximum Gasteiger partial charge on any atom is 0.248 e. The Labute approximate surface area is 123 Å². The van der Waals surface area contributed by atoms with Crippen molar-refractivity contribution in [3.05, 3.63) is 16.1 Å². The van der Waals surface area contributed by atoms with Gasteiger partial charge in [-0.2, -0.15) is 0 Å². The van der Waals surface area contributed by atoms with Crippen LogP contribution in [0, 0.1) is 12.8 Å². The third-order valence-corrected chi connectivity index (χ3v) is 5.31. The topological polar surface area (TPSA) is 54.5 Å². The number of nitrogens with zero attached hydrogens (tertiary/aromatic N) is 2. The predicted octanol–water partition coefficient (Wildman–Crippen LogP) is 1.18. The van der Waals surface area contributed by atoms with E-state index >= 15 is 0 Å². The standard InChI is InChI=1S/C14H21N3O2S/c1-9-13(20-8-16-9)7-17-4-3-10-5-11(14(18)15-2)19-12(10)6-17/h8,10-12H,3-7H2,1-2H3,(H,15,18)/t10-,11+,12-/m0/s1. The average Bonchev–Trinajstić information content (AvgIpc) is 3.04. The zero-order valence-corrected chi connectivity index (χ0v) is 12.8. The number of fused-ring (bicyclic) bond motifs is 1. The third kappa shape index (κ3) is 2.73. The summed E-state index contributed by atoms with van der Waals surface area (Å²) in [7, 11) is 1.67. The molecule has 2 aliphatic rings. The zero-order chi connectivity index (χ0) is 14.1. The average molecular weight is 295 g/mol. The van der Waals surface area contributed by atoms with Crippen molar-refractivity contribution >= 4 is 17.2 Å². The quantitative estimate of drug-likeness (QED) is 0.910. The van der Waals surface area contributed by atoms with E-state index in [9.17, 15) is 4.79 Å². The van der Waals surface area contributed by atoms with Crippen molar-refractivity contribution in [3.8, 4) is 0 Å². The number of carbonyl (C=O) groups excluding carboxylic acids is 1. The minimum absolute atomic E-state index is 0.0178. The highest BCUT2D eigenvalue weighted by Gasteiger charge is 2.41. The molecule has 5 nitrogen and oxygen atoms in total. The highest BCUT2D eigenvalue weighted by Crippen LogP contribution is 2.34. The molecule has 2 aliphatic heterocycles. The van der Waals surface area contributed by atoms with Crippen molar-refractivity contribution < 1.29 is 9.53 Å². The Kier molecular flexibility index (Phi) is 4.05. The Balaban J connectivity index is 1.59. The molecule has 3 rings (SSSR count). The molecular weight excluding hydrogens is 274 g/mol. The van der Waals surface area contributed by atoms with Crippen molar-refractivity contribution in [1.82, 2.24) is 15.2 Å². The van der Waals surface area contributed by atoms with Crippen molar-refractivity contribution in [1.29, 1.82) is 0 Å². The number of carbonyl (C=O) groups is 1. The van der Waals surface area contributed by atoms with Gasteiger partial charge in [0.1, 0.15) is 6.10 Å². The summed E-state index contributed by atoms with van der Waals surface area (Å²) in [5.41, 5.74) is 3.04. The first-order valence-electron chi connectivity index (χ1n) is 7.15. The smallest absolute Gasteiger partial charge is 0.248 e. The first kappa shape index (κ1) is 14.0. The second-order valence-electron chi connectivity index (χ2n) is 5.66. The monoisotopic (exact) mass is 295 g/mol. The molecule has 110 valence electrons. The summed E-state index contributed by atoms with van der Waals surface area (Å²) < 4.78 is 5.93. The van der Waals surface area contributed by atoms with E-state index in [2.05, 4.69) is 22.1 Å². The molecule has 1 N–H and O–H groups in total. The van der Waals surface area contributed by atoms with Crippen molar-refractivity contribution in [2.24, 2.45) is 5.92 Å². The molecule has 0 saturated carbocycles. The molecule has 3 heterocycles. The van der Waals surface area contributed by atoms with Crippen LogP contribution < -0.4 is 5.32 Å². The molecule has 2 fully saturated rings. The molecule has 0 aliphatic carbocycles. The van der Waals surface area contributed by atoms with E-state index in [1.165, 1.54) is 4.88 Å². The van der Waals surface area contributed by atoms with Crippen molar-refractivity contribution in [2.45, 2.75) is 38.5 Å². The molecule has 3 atom stereocenters. The molecule has 2 saturated heterocycles. The predicted molar refractivity (Wildman–Crippen MR) is 77.6 cm³/mol. The Bertz CT molecular complexity index is 491. The van der Waals surface area contributed by atoms with Crippen LogP contribution in [0.2, 0.25) is 0 Å². The molecule has 1 aromatic heterocycles. The summed E-state index contributed by atoms with van der Waals surface area (Å²) in [5.74, 6) is 0.556. The lowest BCUT2D eigenvalue weighted by atomic mass is 9.91. The van der Waals surface area contributed by atoms with Gasteiger partial charge in [0.2, 0.25) is 5.91 Å². The van der Waals surface area contributed by atoms with Gasteiger partial charge in [0.15, 0.2) is 0 Å². The molecule has 20 heavy (non-hydrogen) atoms. The Morgan fingerprint density at radius 1 is 1.65 bits per heavy atom. The number of likely N-dealkylation sites (N-methyl/N-ethyl adjacent to an activating group) is 1. The van der Waals surface area contributed by atoms with E-state index in [-0.39, 0.29) is 18.1 Å². The Morgan fingerprint density at radius 3 is 3.20 bits per heavy atom. The van der Waals surface area contributed by atoms with Gasteiger partial charge in [-0.05, 0) is 32.2 Å². The largest absolute Gasteiger partial charge is 0.364 e. The normalized spacial score (nSPS) is 30.2. The van der Waals surface area contributed by atoms with Crippen LogP contribution in [0.15, 0.2) is 5.51 Å². The Hall–Kier alpha value is -0.980. The van der Waals surface area contributed by atoms with Gasteiger partial charge < -0.3 is 10.1 Å². The second kappa shape index (κ2) is 5.79. The number of likely N-dealkylation sites (tertiary alicyclic amines) is 1. The van der Waals surface area contributed by atoms with E-state index in [1.807, 2.05) is 5.51 Å². The van der Waals surface area contributed by atoms with Crippen LogP contribution >= 0.6 is 11.3 Å². The van der Waals surface area contributed by atoms with Crippen LogP contribution in [0.3, 0.4) is 0 Å². The van der Waals surface area contributed by atoms with Gasteiger partial charge >= 0.3 is 0 Å². The highest BCUT2D eigenvalue weighted by atomic mass is 32.1. The maximum atomic E-state index is 11.7. The number of aromatic nitrogens is 1. The van der Waals surface area contributed by atoms with Crippen LogP contribution in [0.25, 0.3) is 0 Å². The number of ether oxygens (including phenoxy) is 1. The molecule has 0 radical (unpaired) electrons. The summed E-state index contributed by atoms with van der Waals surface area (Å²) in [6, 6.07) is 0. The molecule has 0 bridgehead atoms. The number of amides is 1. The summed E-state index contributed by atoms with van der Waals surface area (Å²) in [4.78, 5) is 19.7. The number of nitrogens with one attached hydrogen (secondary N) is 1. The van der Waals surface area contributed by atoms with Crippen molar-refractivity contribution in [2.75, 3.05) is 20.1 Å². The molecule has 1 aromatic rings. The number of rotatable bonds is 3. The summed E-state index contributed by atoms with van der Waals surface area (Å²) in [5, 5.41) is 2.69. The third-order valence-electron chi connectivity index (χ3n) is 4.39. The van der Waals surface area contributed by atoms with Crippen LogP contribution in [0.4, 0.5) is 0 Å². The van der Waals surface area contributed by atoms with Crippen LogP contribution in [-0.4, -0.2) is 48.1 Å². The fraction of sp³-hybridized carbons (Fsp3) is 0.714. The fourth-order valence-electron chi connectivity index (χ4n) is 3.15. The number of hydrogen-bond donors (Lipinski definition) is 1. The number of hydrogen-bond acceptors (Lipinski definition) is 5. The van der Waals surface area contributed by atoms with Crippen LogP contribution in [0.1, 0.15) is 23.4 Å². The van der Waals surface area contributed by atoms with Crippen LogP contribution in [-0.2, 0) is 16.1 Å². The number of aryl methyl sites for hydroxylation is 1. The molecule has 1 amide bonds. The Morgan fingerprint density at radius 2 is 2.50 bits per heavy atom. The maximum absolute atomic E-state index is 11.7. The van der Waals surface area contributed by atoms with E-state index in [1.54, 1.807) is 18.4 Å². The first-order chi connectivity index (χ1) is 9.67. The molecular formula is C14H21N3O2S. The van der Waals surface area contributed by atoms with Gasteiger partial charge in [0.25, 0.3) is 0 Å². The second-order valence-corrected chi connectivity index (χ2v) is 6.60. The zero-order valence-electron chi connectivity index (χ0n) is 12.0. The highest BCUT2D eigenvalue weighted by molar-refractivity contribution is 7.09. The lowest BCUT2D eigenvalue weighted by Gasteiger charge is -2.33. The lowest BCUT2D eigenvalue weighted by molar-refractivity contribution is -0.132. The van der Waals surface area contributed by atoms with Gasteiger partial charge in [-0.1, -0.05) is 0 Å². The summed E-state index contributed by atoms with van der Waals surface area (Å²) >= 11 is 1.72. The molecule has 6 heteroatoms. The number of thiazole rings is 1. The van der Waals surface area contributed by atoms with Crippen molar-refractivity contribution in [3.63, 3.8) is 0 Å². The first-order valence-corrected chi connectivity index (χ1v) is 8.03. The molecule has 0 spiro atoms. The fourth-order valence-corrected chi connectivity index (χ4v) is 3.97. The molecule has 0 aromatic carbocycles. The van der Waals surface area contributed by atoms with E-state index in [0.717, 1.165) is 38.2 Å². The summed E-state index contributed by atoms with van der Waals surface area (Å²) in [6.07, 6.45) is 1.95. The van der Waals surface area contributed by atoms with Crippen LogP contribution in [0.5, 0.6) is 0 Å². The van der Waals surface area contributed by atoms with Gasteiger partial charge in [-0.15, -0.1) is 11.3 Å².